The summed E-state index contributed by atoms with van der Waals surface area (Å²) in [5, 5.41) is 10.2. The number of aliphatic hydroxyl groups is 1. The van der Waals surface area contributed by atoms with E-state index in [1.54, 1.807) is 7.11 Å². The molecule has 1 aromatic carbocycles. The normalized spacial score (nSPS) is 30.1. The Labute approximate surface area is 188 Å². The first-order chi connectivity index (χ1) is 14.7. The van der Waals surface area contributed by atoms with Gasteiger partial charge in [0.25, 0.3) is 0 Å². The number of hydrogen-bond acceptors (Lipinski definition) is 4. The Balaban J connectivity index is 1.80. The fourth-order valence-electron chi connectivity index (χ4n) is 6.48. The number of hydrogen-bond donors (Lipinski definition) is 1. The lowest BCUT2D eigenvalue weighted by Gasteiger charge is -2.57. The molecule has 1 aromatic rings. The Morgan fingerprint density at radius 3 is 2.23 bits per heavy atom. The minimum atomic E-state index is -1.57. The summed E-state index contributed by atoms with van der Waals surface area (Å²) in [6.45, 7) is 8.82. The molecule has 0 saturated heterocycles. The zero-order chi connectivity index (χ0) is 22.2. The van der Waals surface area contributed by atoms with Crippen molar-refractivity contribution < 1.29 is 19.3 Å². The van der Waals surface area contributed by atoms with E-state index in [1.807, 2.05) is 19.1 Å². The van der Waals surface area contributed by atoms with E-state index in [-0.39, 0.29) is 25.1 Å². The molecule has 0 amide bonds. The maximum atomic E-state index is 10.2. The van der Waals surface area contributed by atoms with Crippen LogP contribution < -0.4 is 4.74 Å². The van der Waals surface area contributed by atoms with E-state index in [0.717, 1.165) is 34.6 Å². The summed E-state index contributed by atoms with van der Waals surface area (Å²) in [6, 6.07) is 4.01. The largest absolute Gasteiger partial charge is 0.467 e. The fraction of sp³-hybridized carbons (Fsp3) is 0.692. The molecule has 170 valence electrons. The molecule has 4 nitrogen and oxygen atoms in total. The van der Waals surface area contributed by atoms with Crippen molar-refractivity contribution in [3.8, 4) is 17.2 Å². The van der Waals surface area contributed by atoms with Gasteiger partial charge in [0.15, 0.2) is 13.1 Å². The van der Waals surface area contributed by atoms with Crippen LogP contribution in [0.2, 0.25) is 19.6 Å². The predicted molar refractivity (Wildman–Crippen MR) is 125 cm³/mol. The highest BCUT2D eigenvalue weighted by molar-refractivity contribution is 6.83. The molecule has 0 aliphatic heterocycles. The molecule has 0 heterocycles. The molecule has 1 N–H and O–H groups in total. The van der Waals surface area contributed by atoms with Crippen molar-refractivity contribution in [2.75, 3.05) is 13.9 Å². The van der Waals surface area contributed by atoms with Crippen LogP contribution in [0.25, 0.3) is 0 Å². The van der Waals surface area contributed by atoms with Crippen LogP contribution >= 0.6 is 0 Å². The van der Waals surface area contributed by atoms with Crippen molar-refractivity contribution in [1.29, 1.82) is 0 Å². The molecule has 5 heteroatoms. The summed E-state index contributed by atoms with van der Waals surface area (Å²) in [5.41, 5.74) is 6.88. The SMILES string of the molecule is COC(C)OCOc1ccc(CO)c(C#C[Si](C)(C)C)c1C12CC3CC(CC(C3)C1)C2. The predicted octanol–water partition coefficient (Wildman–Crippen LogP) is 5.22. The van der Waals surface area contributed by atoms with Crippen molar-refractivity contribution in [2.24, 2.45) is 17.8 Å². The fourth-order valence-corrected chi connectivity index (χ4v) is 6.98. The molecule has 4 bridgehead atoms. The molecule has 4 fully saturated rings. The topological polar surface area (TPSA) is 47.9 Å². The average molecular weight is 443 g/mol. The van der Waals surface area contributed by atoms with Gasteiger partial charge < -0.3 is 19.3 Å². The molecule has 31 heavy (non-hydrogen) atoms. The van der Waals surface area contributed by atoms with Crippen LogP contribution in [0.4, 0.5) is 0 Å². The van der Waals surface area contributed by atoms with Crippen LogP contribution in [-0.2, 0) is 21.5 Å². The van der Waals surface area contributed by atoms with Gasteiger partial charge in [-0.25, -0.2) is 0 Å². The summed E-state index contributed by atoms with van der Waals surface area (Å²) >= 11 is 0. The second-order valence-electron chi connectivity index (χ2n) is 11.1. The van der Waals surface area contributed by atoms with Gasteiger partial charge in [-0.05, 0) is 74.8 Å². The standard InChI is InChI=1S/C26H38O4Si/c1-18(28-2)29-17-30-24-7-6-22(16-27)23(8-9-31(3,4)5)25(24)26-13-19-10-20(14-26)12-21(11-19)15-26/h6-7,18-21,27H,10-17H2,1-5H3. The minimum absolute atomic E-state index is 0.00651. The Hall–Kier alpha value is -1.32. The van der Waals surface area contributed by atoms with Gasteiger partial charge in [0.1, 0.15) is 13.8 Å². The third kappa shape index (κ3) is 4.88. The van der Waals surface area contributed by atoms with Crippen LogP contribution in [-0.4, -0.2) is 33.4 Å². The number of benzene rings is 1. The van der Waals surface area contributed by atoms with Crippen LogP contribution in [0.3, 0.4) is 0 Å². The first kappa shape index (κ1) is 22.9. The van der Waals surface area contributed by atoms with E-state index >= 15 is 0 Å². The zero-order valence-corrected chi connectivity index (χ0v) is 20.8. The molecule has 1 unspecified atom stereocenters. The lowest BCUT2D eigenvalue weighted by Crippen LogP contribution is -2.49. The molecule has 5 rings (SSSR count). The van der Waals surface area contributed by atoms with Crippen molar-refractivity contribution in [2.45, 2.75) is 83.4 Å². The maximum Gasteiger partial charge on any atom is 0.191 e. The molecule has 0 aromatic heterocycles. The Morgan fingerprint density at radius 1 is 1.10 bits per heavy atom. The summed E-state index contributed by atoms with van der Waals surface area (Å²) < 4.78 is 17.1. The van der Waals surface area contributed by atoms with E-state index in [4.69, 9.17) is 14.2 Å². The third-order valence-electron chi connectivity index (χ3n) is 7.40. The first-order valence-electron chi connectivity index (χ1n) is 11.8. The van der Waals surface area contributed by atoms with Gasteiger partial charge in [0.05, 0.1) is 6.61 Å². The van der Waals surface area contributed by atoms with Crippen LogP contribution in [0.5, 0.6) is 5.75 Å². The van der Waals surface area contributed by atoms with E-state index in [0.29, 0.717) is 0 Å². The number of methoxy groups -OCH3 is 1. The molecule has 1 atom stereocenters. The van der Waals surface area contributed by atoms with Gasteiger partial charge in [-0.3, -0.25) is 0 Å². The minimum Gasteiger partial charge on any atom is -0.467 e. The summed E-state index contributed by atoms with van der Waals surface area (Å²) in [5.74, 6) is 6.89. The van der Waals surface area contributed by atoms with E-state index < -0.39 is 8.07 Å². The van der Waals surface area contributed by atoms with Crippen LogP contribution in [0.15, 0.2) is 12.1 Å². The highest BCUT2D eigenvalue weighted by Gasteiger charge is 2.53. The molecule has 4 aliphatic rings. The highest BCUT2D eigenvalue weighted by atomic mass is 28.3. The van der Waals surface area contributed by atoms with E-state index in [1.165, 1.54) is 44.1 Å². The van der Waals surface area contributed by atoms with Crippen molar-refractivity contribution in [1.82, 2.24) is 0 Å². The van der Waals surface area contributed by atoms with Gasteiger partial charge in [-0.15, -0.1) is 5.54 Å². The Bertz CT molecular complexity index is 825. The zero-order valence-electron chi connectivity index (χ0n) is 19.8. The van der Waals surface area contributed by atoms with Crippen molar-refractivity contribution >= 4 is 8.07 Å². The van der Waals surface area contributed by atoms with Gasteiger partial charge >= 0.3 is 0 Å². The van der Waals surface area contributed by atoms with Crippen LogP contribution in [0.1, 0.15) is 62.1 Å². The molecule has 0 spiro atoms. The van der Waals surface area contributed by atoms with Gasteiger partial charge in [0, 0.05) is 23.7 Å². The lowest BCUT2D eigenvalue weighted by atomic mass is 9.47. The summed E-state index contributed by atoms with van der Waals surface area (Å²) in [6.07, 6.45) is 7.52. The number of rotatable bonds is 7. The number of ether oxygens (including phenoxy) is 3. The average Bonchev–Trinajstić information content (AvgIpc) is 2.70. The van der Waals surface area contributed by atoms with Crippen molar-refractivity contribution in [3.05, 3.63) is 28.8 Å². The second kappa shape index (κ2) is 8.90. The Morgan fingerprint density at radius 2 is 1.71 bits per heavy atom. The number of aliphatic hydroxyl groups excluding tert-OH is 1. The molecule has 4 aliphatic carbocycles. The summed E-state index contributed by atoms with van der Waals surface area (Å²) in [7, 11) is 0.0563. The molecule has 0 radical (unpaired) electrons. The summed E-state index contributed by atoms with van der Waals surface area (Å²) in [4.78, 5) is 0. The van der Waals surface area contributed by atoms with E-state index in [9.17, 15) is 5.11 Å². The smallest absolute Gasteiger partial charge is 0.191 e. The molecular formula is C26H38O4Si. The van der Waals surface area contributed by atoms with Crippen LogP contribution in [0, 0.1) is 29.2 Å². The Kier molecular flexibility index (Phi) is 6.56. The van der Waals surface area contributed by atoms with E-state index in [2.05, 4.69) is 31.1 Å². The third-order valence-corrected chi connectivity index (χ3v) is 8.28. The second-order valence-corrected chi connectivity index (χ2v) is 15.8. The monoisotopic (exact) mass is 442 g/mol. The molecule has 4 saturated carbocycles. The quantitative estimate of drug-likeness (QED) is 0.357. The van der Waals surface area contributed by atoms with Crippen molar-refractivity contribution in [3.63, 3.8) is 0 Å². The lowest BCUT2D eigenvalue weighted by molar-refractivity contribution is -0.150. The van der Waals surface area contributed by atoms with Gasteiger partial charge in [0.2, 0.25) is 0 Å². The first-order valence-corrected chi connectivity index (χ1v) is 15.3. The maximum absolute atomic E-state index is 10.2. The highest BCUT2D eigenvalue weighted by Crippen LogP contribution is 2.62. The van der Waals surface area contributed by atoms with Gasteiger partial charge in [-0.1, -0.05) is 31.6 Å². The van der Waals surface area contributed by atoms with Gasteiger partial charge in [-0.2, -0.15) is 0 Å². The molecular weight excluding hydrogens is 404 g/mol.